The van der Waals surface area contributed by atoms with E-state index in [1.54, 1.807) is 0 Å². The molecule has 3 aromatic rings. The molecule has 5 rings (SSSR count). The number of hydrogen-bond acceptors (Lipinski definition) is 11. The minimum absolute atomic E-state index is 0.00149. The summed E-state index contributed by atoms with van der Waals surface area (Å²) in [6, 6.07) is 14.6. The maximum absolute atomic E-state index is 15.4. The average Bonchev–Trinajstić information content (AvgIpc) is 4.04. The highest BCUT2D eigenvalue weighted by atomic mass is 32.2. The standard InChI is InChI=1S/C53H74F2N6O9S/c1-52(2,3)50(44-31-40(42-32-41(54)16-17-43(42)55)36-59(44)33-38-13-9-7-10-14-38)61(35-39-20-25-58(34-39)51(67)70-53(4,5)6)49(66)37-71-30-21-46(63)57-23-27-69-29-28-68-26-22-56-45(62)15-11-8-12-24-60-47(64)18-19-48(60)65/h7,9-10,13-14,16-19,31-32,36,39,50-51,67H,8,11-12,15,20-30,33-35,37H2,1-6H3,(H,56,62)(H,57,63)/t39?,50-,51?/m0/s1. The number of nitrogens with one attached hydrogen (secondary N) is 2. The molecule has 0 aliphatic carbocycles. The molecule has 3 N–H and O–H groups in total. The predicted octanol–water partition coefficient (Wildman–Crippen LogP) is 6.68. The van der Waals surface area contributed by atoms with Crippen molar-refractivity contribution in [2.24, 2.45) is 11.3 Å². The van der Waals surface area contributed by atoms with Crippen molar-refractivity contribution < 1.29 is 52.1 Å². The van der Waals surface area contributed by atoms with Gasteiger partial charge in [0.25, 0.3) is 11.8 Å². The highest BCUT2D eigenvalue weighted by Crippen LogP contribution is 2.42. The molecule has 2 unspecified atom stereocenters. The van der Waals surface area contributed by atoms with Gasteiger partial charge in [0, 0.05) is 99.6 Å². The molecule has 0 spiro atoms. The van der Waals surface area contributed by atoms with Gasteiger partial charge in [-0.15, -0.1) is 0 Å². The summed E-state index contributed by atoms with van der Waals surface area (Å²) in [6.07, 6.45) is 6.54. The van der Waals surface area contributed by atoms with Crippen LogP contribution in [-0.2, 0) is 44.7 Å². The van der Waals surface area contributed by atoms with Crippen molar-refractivity contribution in [3.63, 3.8) is 0 Å². The fraction of sp³-hybridized carbons (Fsp3) is 0.566. The second-order valence-corrected chi connectivity index (χ2v) is 21.2. The van der Waals surface area contributed by atoms with E-state index >= 15 is 4.39 Å². The number of halogens is 2. The van der Waals surface area contributed by atoms with Crippen LogP contribution in [0, 0.1) is 23.0 Å². The van der Waals surface area contributed by atoms with Crippen molar-refractivity contribution in [3.8, 4) is 11.1 Å². The van der Waals surface area contributed by atoms with Crippen LogP contribution in [-0.4, -0.2) is 143 Å². The molecule has 0 saturated carbocycles. The third kappa shape index (κ3) is 18.9. The van der Waals surface area contributed by atoms with Crippen LogP contribution >= 0.6 is 11.8 Å². The zero-order valence-electron chi connectivity index (χ0n) is 42.3. The average molecular weight is 1010 g/mol. The first kappa shape index (κ1) is 56.9. The first-order valence-electron chi connectivity index (χ1n) is 24.7. The molecule has 18 heteroatoms. The molecule has 0 bridgehead atoms. The molecular formula is C53H74F2N6O9S. The van der Waals surface area contributed by atoms with Crippen LogP contribution in [0.3, 0.4) is 0 Å². The number of imide groups is 1. The summed E-state index contributed by atoms with van der Waals surface area (Å²) in [6.45, 7) is 16.0. The molecule has 2 aromatic carbocycles. The Morgan fingerprint density at radius 3 is 2.17 bits per heavy atom. The van der Waals surface area contributed by atoms with E-state index in [0.717, 1.165) is 36.2 Å². The number of unbranched alkanes of at least 4 members (excludes halogenated alkanes) is 2. The molecule has 2 aliphatic heterocycles. The van der Waals surface area contributed by atoms with Crippen molar-refractivity contribution in [1.82, 2.24) is 29.9 Å². The van der Waals surface area contributed by atoms with Crippen LogP contribution in [0.2, 0.25) is 0 Å². The maximum Gasteiger partial charge on any atom is 0.253 e. The van der Waals surface area contributed by atoms with E-state index in [4.69, 9.17) is 14.2 Å². The number of ether oxygens (including phenoxy) is 3. The van der Waals surface area contributed by atoms with Gasteiger partial charge >= 0.3 is 0 Å². The number of carbonyl (C=O) groups excluding carboxylic acids is 5. The van der Waals surface area contributed by atoms with Gasteiger partial charge in [-0.3, -0.25) is 33.8 Å². The van der Waals surface area contributed by atoms with Crippen LogP contribution in [0.25, 0.3) is 11.1 Å². The number of carbonyl (C=O) groups is 5. The van der Waals surface area contributed by atoms with E-state index < -0.39 is 35.1 Å². The van der Waals surface area contributed by atoms with E-state index in [9.17, 15) is 33.5 Å². The first-order valence-corrected chi connectivity index (χ1v) is 25.8. The topological polar surface area (TPSA) is 172 Å². The summed E-state index contributed by atoms with van der Waals surface area (Å²) in [5.41, 5.74) is 1.30. The monoisotopic (exact) mass is 1010 g/mol. The first-order chi connectivity index (χ1) is 33.8. The summed E-state index contributed by atoms with van der Waals surface area (Å²) in [5, 5.41) is 16.6. The molecule has 5 amide bonds. The molecule has 3 heterocycles. The number of aliphatic hydroxyl groups is 1. The third-order valence-corrected chi connectivity index (χ3v) is 13.0. The second kappa shape index (κ2) is 27.7. The largest absolute Gasteiger partial charge is 0.377 e. The maximum atomic E-state index is 15.4. The van der Waals surface area contributed by atoms with E-state index in [-0.39, 0.29) is 59.8 Å². The Morgan fingerprint density at radius 2 is 1.52 bits per heavy atom. The van der Waals surface area contributed by atoms with E-state index in [1.165, 1.54) is 34.9 Å². The van der Waals surface area contributed by atoms with Gasteiger partial charge in [-0.1, -0.05) is 57.5 Å². The Morgan fingerprint density at radius 1 is 0.859 bits per heavy atom. The van der Waals surface area contributed by atoms with Gasteiger partial charge < -0.3 is 39.4 Å². The van der Waals surface area contributed by atoms with Gasteiger partial charge in [0.2, 0.25) is 24.1 Å². The lowest BCUT2D eigenvalue weighted by Crippen LogP contribution is -2.46. The van der Waals surface area contributed by atoms with Gasteiger partial charge in [0.05, 0.1) is 43.8 Å². The van der Waals surface area contributed by atoms with Gasteiger partial charge in [-0.2, -0.15) is 11.8 Å². The van der Waals surface area contributed by atoms with Crippen LogP contribution in [0.5, 0.6) is 0 Å². The van der Waals surface area contributed by atoms with Crippen LogP contribution in [0.4, 0.5) is 8.78 Å². The number of benzene rings is 2. The summed E-state index contributed by atoms with van der Waals surface area (Å²) >= 11 is 1.37. The minimum Gasteiger partial charge on any atom is -0.377 e. The molecule has 390 valence electrons. The van der Waals surface area contributed by atoms with Crippen molar-refractivity contribution >= 4 is 41.3 Å². The van der Waals surface area contributed by atoms with Crippen LogP contribution in [0.15, 0.2) is 72.9 Å². The normalized spacial score (nSPS) is 16.2. The Labute approximate surface area is 422 Å². The van der Waals surface area contributed by atoms with Gasteiger partial charge in [-0.25, -0.2) is 8.78 Å². The molecule has 1 saturated heterocycles. The molecule has 2 aliphatic rings. The number of aliphatic hydroxyl groups excluding tert-OH is 1. The fourth-order valence-electron chi connectivity index (χ4n) is 8.66. The van der Waals surface area contributed by atoms with E-state index in [0.29, 0.717) is 96.2 Å². The summed E-state index contributed by atoms with van der Waals surface area (Å²) in [4.78, 5) is 67.8. The highest BCUT2D eigenvalue weighted by Gasteiger charge is 2.40. The van der Waals surface area contributed by atoms with Gasteiger partial charge in [0.1, 0.15) is 11.6 Å². The number of rotatable bonds is 29. The molecular weight excluding hydrogens is 935 g/mol. The smallest absolute Gasteiger partial charge is 0.253 e. The number of thioether (sulfide) groups is 1. The summed E-state index contributed by atoms with van der Waals surface area (Å²) < 4.78 is 49.0. The van der Waals surface area contributed by atoms with Crippen LogP contribution in [0.1, 0.15) is 97.4 Å². The zero-order chi connectivity index (χ0) is 51.6. The lowest BCUT2D eigenvalue weighted by Gasteiger charge is -2.42. The quantitative estimate of drug-likeness (QED) is 0.0385. The number of hydrogen-bond donors (Lipinski definition) is 3. The minimum atomic E-state index is -1.10. The van der Waals surface area contributed by atoms with Crippen molar-refractivity contribution in [2.45, 2.75) is 105 Å². The lowest BCUT2D eigenvalue weighted by molar-refractivity contribution is -0.234. The molecule has 3 atom stereocenters. The van der Waals surface area contributed by atoms with Gasteiger partial charge in [0.15, 0.2) is 0 Å². The molecule has 1 fully saturated rings. The predicted molar refractivity (Wildman–Crippen MR) is 270 cm³/mol. The number of amides is 5. The Bertz CT molecular complexity index is 2230. The number of aromatic nitrogens is 1. The van der Waals surface area contributed by atoms with Crippen molar-refractivity contribution in [1.29, 1.82) is 0 Å². The lowest BCUT2D eigenvalue weighted by atomic mass is 9.82. The van der Waals surface area contributed by atoms with E-state index in [2.05, 4.69) is 31.4 Å². The SMILES string of the molecule is CC(C)(C)OC(O)N1CCC(CN(C(=O)CSCCC(=O)NCCOCCOCCNC(=O)CCCCCN2C(=O)C=CC2=O)[C@@H](c2cc(-c3cc(F)ccc3F)cn2Cc2ccccc2)C(C)(C)C)C1. The summed E-state index contributed by atoms with van der Waals surface area (Å²) in [5.74, 6) is -1.58. The highest BCUT2D eigenvalue weighted by molar-refractivity contribution is 7.99. The second-order valence-electron chi connectivity index (χ2n) is 20.1. The Hall–Kier alpha value is -4.98. The number of nitrogens with zero attached hydrogens (tertiary/aromatic N) is 4. The van der Waals surface area contributed by atoms with Crippen LogP contribution < -0.4 is 10.6 Å². The molecule has 0 radical (unpaired) electrons. The third-order valence-electron chi connectivity index (χ3n) is 12.0. The zero-order valence-corrected chi connectivity index (χ0v) is 43.1. The van der Waals surface area contributed by atoms with Gasteiger partial charge in [-0.05, 0) is 81.2 Å². The summed E-state index contributed by atoms with van der Waals surface area (Å²) in [7, 11) is 0. The van der Waals surface area contributed by atoms with Crippen molar-refractivity contribution in [3.05, 3.63) is 95.8 Å². The Balaban J connectivity index is 1.10. The Kier molecular flexibility index (Phi) is 22.2. The molecule has 71 heavy (non-hydrogen) atoms. The van der Waals surface area contributed by atoms with E-state index in [1.807, 2.05) is 77.7 Å². The fourth-order valence-corrected chi connectivity index (χ4v) is 9.47. The van der Waals surface area contributed by atoms with Crippen molar-refractivity contribution in [2.75, 3.05) is 77.2 Å². The molecule has 15 nitrogen and oxygen atoms in total. The number of likely N-dealkylation sites (tertiary alicyclic amines) is 1. The molecule has 1 aromatic heterocycles.